The van der Waals surface area contributed by atoms with Gasteiger partial charge in [0, 0.05) is 18.8 Å². The van der Waals surface area contributed by atoms with E-state index in [1.54, 1.807) is 13.2 Å². The zero-order valence-electron chi connectivity index (χ0n) is 15.9. The van der Waals surface area contributed by atoms with Crippen molar-refractivity contribution in [3.63, 3.8) is 0 Å². The van der Waals surface area contributed by atoms with Crippen LogP contribution in [0.4, 0.5) is 5.69 Å². The molecule has 0 saturated heterocycles. The Kier molecular flexibility index (Phi) is 5.68. The predicted octanol–water partition coefficient (Wildman–Crippen LogP) is 2.45. The van der Waals surface area contributed by atoms with Crippen LogP contribution in [0.3, 0.4) is 0 Å². The van der Waals surface area contributed by atoms with Crippen LogP contribution in [0.25, 0.3) is 0 Å². The molecule has 1 amide bonds. The molecule has 3 rings (SSSR count). The highest BCUT2D eigenvalue weighted by molar-refractivity contribution is 6.05. The number of hydrogen-bond donors (Lipinski definition) is 3. The maximum atomic E-state index is 12.0. The second-order valence-electron chi connectivity index (χ2n) is 7.23. The molecular weight excluding hydrogens is 344 g/mol. The van der Waals surface area contributed by atoms with Crippen LogP contribution in [-0.4, -0.2) is 37.4 Å². The Balaban J connectivity index is 1.46. The van der Waals surface area contributed by atoms with Gasteiger partial charge in [0.2, 0.25) is 5.91 Å². The van der Waals surface area contributed by atoms with E-state index in [0.29, 0.717) is 18.8 Å². The molecule has 2 aromatic rings. The number of rotatable bonds is 8. The molecule has 2 aromatic carbocycles. The largest absolute Gasteiger partial charge is 0.497 e. The molecule has 27 heavy (non-hydrogen) atoms. The summed E-state index contributed by atoms with van der Waals surface area (Å²) in [4.78, 5) is 12.0. The monoisotopic (exact) mass is 370 g/mol. The third kappa shape index (κ3) is 4.40. The van der Waals surface area contributed by atoms with Gasteiger partial charge in [0.15, 0.2) is 0 Å². The van der Waals surface area contributed by atoms with Crippen LogP contribution in [0.1, 0.15) is 25.0 Å². The number of amides is 1. The number of aliphatic hydroxyl groups excluding tert-OH is 1. The van der Waals surface area contributed by atoms with E-state index < -0.39 is 11.5 Å². The number of hydrogen-bond acceptors (Lipinski definition) is 5. The van der Waals surface area contributed by atoms with Crippen molar-refractivity contribution in [1.82, 2.24) is 5.32 Å². The number of carbonyl (C=O) groups excluding carboxylic acids is 1. The Morgan fingerprint density at radius 3 is 2.56 bits per heavy atom. The highest BCUT2D eigenvalue weighted by Crippen LogP contribution is 2.39. The van der Waals surface area contributed by atoms with Crippen molar-refractivity contribution in [3.8, 4) is 11.5 Å². The first kappa shape index (κ1) is 19.2. The third-order valence-corrected chi connectivity index (χ3v) is 4.79. The van der Waals surface area contributed by atoms with Crippen LogP contribution >= 0.6 is 0 Å². The van der Waals surface area contributed by atoms with Gasteiger partial charge in [-0.05, 0) is 55.3 Å². The Morgan fingerprint density at radius 1 is 1.15 bits per heavy atom. The molecule has 1 heterocycles. The molecule has 1 aliphatic heterocycles. The minimum absolute atomic E-state index is 0.0163. The van der Waals surface area contributed by atoms with Gasteiger partial charge in [-0.3, -0.25) is 4.79 Å². The van der Waals surface area contributed by atoms with E-state index in [9.17, 15) is 9.90 Å². The first-order valence-corrected chi connectivity index (χ1v) is 9.00. The van der Waals surface area contributed by atoms with Crippen LogP contribution in [0, 0.1) is 0 Å². The molecule has 0 aliphatic carbocycles. The van der Waals surface area contributed by atoms with Crippen molar-refractivity contribution in [2.24, 2.45) is 0 Å². The fourth-order valence-corrected chi connectivity index (χ4v) is 3.02. The second kappa shape index (κ2) is 7.98. The van der Waals surface area contributed by atoms with Crippen molar-refractivity contribution < 1.29 is 19.4 Å². The van der Waals surface area contributed by atoms with Crippen LogP contribution in [-0.2, 0) is 16.8 Å². The van der Waals surface area contributed by atoms with Gasteiger partial charge in [-0.15, -0.1) is 0 Å². The van der Waals surface area contributed by atoms with E-state index in [2.05, 4.69) is 10.6 Å². The van der Waals surface area contributed by atoms with Crippen molar-refractivity contribution in [2.45, 2.75) is 31.9 Å². The zero-order valence-corrected chi connectivity index (χ0v) is 15.9. The summed E-state index contributed by atoms with van der Waals surface area (Å²) >= 11 is 0. The molecule has 0 saturated carbocycles. The number of nitrogens with one attached hydrogen (secondary N) is 2. The number of benzene rings is 2. The van der Waals surface area contributed by atoms with E-state index in [1.807, 2.05) is 50.2 Å². The third-order valence-electron chi connectivity index (χ3n) is 4.79. The predicted molar refractivity (Wildman–Crippen MR) is 104 cm³/mol. The summed E-state index contributed by atoms with van der Waals surface area (Å²) in [7, 11) is 1.64. The molecule has 6 heteroatoms. The van der Waals surface area contributed by atoms with Gasteiger partial charge < -0.3 is 25.2 Å². The molecule has 0 fully saturated rings. The Labute approximate surface area is 159 Å². The first-order chi connectivity index (χ1) is 12.9. The lowest BCUT2D eigenvalue weighted by molar-refractivity contribution is -0.119. The van der Waals surface area contributed by atoms with Crippen LogP contribution < -0.4 is 20.1 Å². The molecule has 1 atom stereocenters. The molecule has 144 valence electrons. The van der Waals surface area contributed by atoms with E-state index in [0.717, 1.165) is 22.6 Å². The smallest absolute Gasteiger partial charge is 0.234 e. The molecule has 1 unspecified atom stereocenters. The summed E-state index contributed by atoms with van der Waals surface area (Å²) in [6.45, 7) is 5.02. The molecule has 0 spiro atoms. The van der Waals surface area contributed by atoms with Crippen LogP contribution in [0.2, 0.25) is 0 Å². The van der Waals surface area contributed by atoms with Crippen molar-refractivity contribution in [2.75, 3.05) is 25.6 Å². The van der Waals surface area contributed by atoms with Crippen molar-refractivity contribution in [3.05, 3.63) is 53.6 Å². The van der Waals surface area contributed by atoms with Crippen molar-refractivity contribution >= 4 is 11.6 Å². The maximum absolute atomic E-state index is 12.0. The van der Waals surface area contributed by atoms with Gasteiger partial charge >= 0.3 is 0 Å². The molecule has 1 aliphatic rings. The topological polar surface area (TPSA) is 79.8 Å². The summed E-state index contributed by atoms with van der Waals surface area (Å²) < 4.78 is 10.8. The standard InChI is InChI=1S/C21H26N2O4/c1-21(2)18-10-17(8-9-19(18)23-20(21)25)27-13-15(24)12-22-11-14-4-6-16(26-3)7-5-14/h4-10,15,22,24H,11-13H2,1-3H3,(H,23,25). The van der Waals surface area contributed by atoms with Gasteiger partial charge in [0.05, 0.1) is 12.5 Å². The van der Waals surface area contributed by atoms with Crippen LogP contribution in [0.15, 0.2) is 42.5 Å². The summed E-state index contributed by atoms with van der Waals surface area (Å²) in [6, 6.07) is 13.3. The number of carbonyl (C=O) groups is 1. The van der Waals surface area contributed by atoms with E-state index in [1.165, 1.54) is 0 Å². The Hall–Kier alpha value is -2.57. The summed E-state index contributed by atoms with van der Waals surface area (Å²) in [6.07, 6.45) is -0.635. The second-order valence-corrected chi connectivity index (χ2v) is 7.23. The number of aliphatic hydroxyl groups is 1. The highest BCUT2D eigenvalue weighted by Gasteiger charge is 2.38. The van der Waals surface area contributed by atoms with Gasteiger partial charge in [-0.1, -0.05) is 12.1 Å². The van der Waals surface area contributed by atoms with Gasteiger partial charge in [0.1, 0.15) is 24.2 Å². The van der Waals surface area contributed by atoms with Crippen LogP contribution in [0.5, 0.6) is 11.5 Å². The molecule has 0 radical (unpaired) electrons. The average molecular weight is 370 g/mol. The summed E-state index contributed by atoms with van der Waals surface area (Å²) in [5, 5.41) is 16.2. The summed E-state index contributed by atoms with van der Waals surface area (Å²) in [5.41, 5.74) is 2.27. The van der Waals surface area contributed by atoms with E-state index in [4.69, 9.17) is 9.47 Å². The van der Waals surface area contributed by atoms with E-state index in [-0.39, 0.29) is 12.5 Å². The van der Waals surface area contributed by atoms with Gasteiger partial charge in [0.25, 0.3) is 0 Å². The average Bonchev–Trinajstić information content (AvgIpc) is 2.89. The number of fused-ring (bicyclic) bond motifs is 1. The lowest BCUT2D eigenvalue weighted by atomic mass is 9.86. The highest BCUT2D eigenvalue weighted by atomic mass is 16.5. The lowest BCUT2D eigenvalue weighted by Gasteiger charge is -2.17. The minimum Gasteiger partial charge on any atom is -0.497 e. The quantitative estimate of drug-likeness (QED) is 0.665. The van der Waals surface area contributed by atoms with Gasteiger partial charge in [-0.2, -0.15) is 0 Å². The normalized spacial score (nSPS) is 15.8. The first-order valence-electron chi connectivity index (χ1n) is 9.00. The number of ether oxygens (including phenoxy) is 2. The number of methoxy groups -OCH3 is 1. The lowest BCUT2D eigenvalue weighted by Crippen LogP contribution is -2.31. The molecule has 0 bridgehead atoms. The SMILES string of the molecule is COc1ccc(CNCC(O)COc2ccc3c(c2)C(C)(C)C(=O)N3)cc1. The Bertz CT molecular complexity index is 802. The Morgan fingerprint density at radius 2 is 1.85 bits per heavy atom. The zero-order chi connectivity index (χ0) is 19.4. The maximum Gasteiger partial charge on any atom is 0.234 e. The minimum atomic E-state index is -0.635. The molecule has 6 nitrogen and oxygen atoms in total. The number of anilines is 1. The van der Waals surface area contributed by atoms with Crippen molar-refractivity contribution in [1.29, 1.82) is 0 Å². The molecule has 0 aromatic heterocycles. The molecule has 3 N–H and O–H groups in total. The van der Waals surface area contributed by atoms with Gasteiger partial charge in [-0.25, -0.2) is 0 Å². The fourth-order valence-electron chi connectivity index (χ4n) is 3.02. The molecular formula is C21H26N2O4. The fraction of sp³-hybridized carbons (Fsp3) is 0.381. The summed E-state index contributed by atoms with van der Waals surface area (Å²) in [5.74, 6) is 1.45. The van der Waals surface area contributed by atoms with E-state index >= 15 is 0 Å².